The Morgan fingerprint density at radius 2 is 1.93 bits per heavy atom. The Balaban J connectivity index is 1.68. The van der Waals surface area contributed by atoms with Crippen molar-refractivity contribution in [1.29, 1.82) is 0 Å². The smallest absolute Gasteiger partial charge is 0.274 e. The third-order valence-electron chi connectivity index (χ3n) is 4.85. The summed E-state index contributed by atoms with van der Waals surface area (Å²) in [5, 5.41) is 5.52. The second-order valence-electron chi connectivity index (χ2n) is 6.87. The molecule has 2 heterocycles. The molecule has 142 valence electrons. The number of nitrogens with zero attached hydrogens (tertiary/aromatic N) is 2. The maximum absolute atomic E-state index is 12.5. The van der Waals surface area contributed by atoms with Crippen LogP contribution < -0.4 is 15.5 Å². The molecule has 0 aliphatic carbocycles. The van der Waals surface area contributed by atoms with Gasteiger partial charge in [0.25, 0.3) is 5.91 Å². The maximum Gasteiger partial charge on any atom is 0.274 e. The summed E-state index contributed by atoms with van der Waals surface area (Å²) in [6.45, 7) is 4.71. The van der Waals surface area contributed by atoms with Gasteiger partial charge in [-0.1, -0.05) is 13.0 Å². The highest BCUT2D eigenvalue weighted by Crippen LogP contribution is 2.26. The van der Waals surface area contributed by atoms with Gasteiger partial charge in [0.2, 0.25) is 5.91 Å². The summed E-state index contributed by atoms with van der Waals surface area (Å²) in [6, 6.07) is 11.3. The zero-order valence-electron chi connectivity index (χ0n) is 15.9. The number of nitrogens with one attached hydrogen (secondary N) is 2. The van der Waals surface area contributed by atoms with E-state index in [-0.39, 0.29) is 11.8 Å². The van der Waals surface area contributed by atoms with Crippen molar-refractivity contribution < 1.29 is 9.59 Å². The Morgan fingerprint density at radius 1 is 1.15 bits per heavy atom. The molecule has 1 unspecified atom stereocenters. The lowest BCUT2D eigenvalue weighted by Gasteiger charge is -2.37. The van der Waals surface area contributed by atoms with Crippen LogP contribution in [-0.4, -0.2) is 29.4 Å². The van der Waals surface area contributed by atoms with E-state index in [1.54, 1.807) is 36.5 Å². The summed E-state index contributed by atoms with van der Waals surface area (Å²) in [5.74, 6) is -0.425. The molecule has 1 aromatic carbocycles. The SMILES string of the molecule is CCC1CCCCN1c1ccc(C(=O)Nc2cccc(NC(C)=O)c2)nc1. The molecular formula is C21H26N4O2. The monoisotopic (exact) mass is 366 g/mol. The largest absolute Gasteiger partial charge is 0.367 e. The van der Waals surface area contributed by atoms with Crippen molar-refractivity contribution in [2.24, 2.45) is 0 Å². The predicted molar refractivity (Wildman–Crippen MR) is 108 cm³/mol. The van der Waals surface area contributed by atoms with E-state index in [1.165, 1.54) is 26.2 Å². The van der Waals surface area contributed by atoms with Crippen molar-refractivity contribution in [3.05, 3.63) is 48.3 Å². The maximum atomic E-state index is 12.5. The molecule has 27 heavy (non-hydrogen) atoms. The zero-order chi connectivity index (χ0) is 19.2. The third-order valence-corrected chi connectivity index (χ3v) is 4.85. The lowest BCUT2D eigenvalue weighted by molar-refractivity contribution is -0.114. The van der Waals surface area contributed by atoms with Gasteiger partial charge in [0, 0.05) is 30.9 Å². The molecule has 3 rings (SSSR count). The Morgan fingerprint density at radius 3 is 2.59 bits per heavy atom. The molecule has 2 N–H and O–H groups in total. The molecule has 0 saturated carbocycles. The van der Waals surface area contributed by atoms with Gasteiger partial charge in [-0.25, -0.2) is 4.98 Å². The molecule has 6 heteroatoms. The average Bonchev–Trinajstić information content (AvgIpc) is 2.68. The van der Waals surface area contributed by atoms with E-state index in [2.05, 4.69) is 27.4 Å². The molecule has 1 saturated heterocycles. The van der Waals surface area contributed by atoms with Crippen LogP contribution in [0.1, 0.15) is 50.0 Å². The quantitative estimate of drug-likeness (QED) is 0.837. The minimum Gasteiger partial charge on any atom is -0.367 e. The van der Waals surface area contributed by atoms with E-state index >= 15 is 0 Å². The summed E-state index contributed by atoms with van der Waals surface area (Å²) >= 11 is 0. The lowest BCUT2D eigenvalue weighted by Crippen LogP contribution is -2.39. The Labute approximate surface area is 160 Å². The summed E-state index contributed by atoms with van der Waals surface area (Å²) in [5.41, 5.74) is 2.69. The molecule has 0 radical (unpaired) electrons. The molecule has 2 amide bonds. The third kappa shape index (κ3) is 4.84. The fourth-order valence-corrected chi connectivity index (χ4v) is 3.53. The van der Waals surface area contributed by atoms with E-state index < -0.39 is 0 Å². The normalized spacial score (nSPS) is 16.7. The first-order chi connectivity index (χ1) is 13.1. The van der Waals surface area contributed by atoms with Gasteiger partial charge in [0.05, 0.1) is 11.9 Å². The number of aromatic nitrogens is 1. The first-order valence-electron chi connectivity index (χ1n) is 9.48. The molecule has 2 aromatic rings. The lowest BCUT2D eigenvalue weighted by atomic mass is 9.99. The van der Waals surface area contributed by atoms with Crippen LogP contribution in [0.25, 0.3) is 0 Å². The molecule has 1 aliphatic rings. The van der Waals surface area contributed by atoms with Crippen LogP contribution in [0, 0.1) is 0 Å². The van der Waals surface area contributed by atoms with Gasteiger partial charge in [-0.3, -0.25) is 9.59 Å². The van der Waals surface area contributed by atoms with Gasteiger partial charge in [-0.2, -0.15) is 0 Å². The molecular weight excluding hydrogens is 340 g/mol. The average molecular weight is 366 g/mol. The van der Waals surface area contributed by atoms with Crippen LogP contribution in [-0.2, 0) is 4.79 Å². The fourth-order valence-electron chi connectivity index (χ4n) is 3.53. The Kier molecular flexibility index (Phi) is 6.06. The van der Waals surface area contributed by atoms with E-state index in [9.17, 15) is 9.59 Å². The molecule has 0 spiro atoms. The second kappa shape index (κ2) is 8.66. The number of anilines is 3. The number of carbonyl (C=O) groups excluding carboxylic acids is 2. The fraction of sp³-hybridized carbons (Fsp3) is 0.381. The van der Waals surface area contributed by atoms with Crippen molar-refractivity contribution in [3.8, 4) is 0 Å². The van der Waals surface area contributed by atoms with Crippen molar-refractivity contribution in [3.63, 3.8) is 0 Å². The summed E-state index contributed by atoms with van der Waals surface area (Å²) in [7, 11) is 0. The predicted octanol–water partition coefficient (Wildman–Crippen LogP) is 4.06. The van der Waals surface area contributed by atoms with E-state index in [4.69, 9.17) is 0 Å². The molecule has 1 aromatic heterocycles. The Hall–Kier alpha value is -2.89. The second-order valence-corrected chi connectivity index (χ2v) is 6.87. The van der Waals surface area contributed by atoms with Crippen LogP contribution in [0.15, 0.2) is 42.6 Å². The van der Waals surface area contributed by atoms with E-state index in [1.807, 2.05) is 6.07 Å². The molecule has 1 fully saturated rings. The van der Waals surface area contributed by atoms with Crippen LogP contribution >= 0.6 is 0 Å². The zero-order valence-corrected chi connectivity index (χ0v) is 15.9. The van der Waals surface area contributed by atoms with Gasteiger partial charge in [0.15, 0.2) is 0 Å². The summed E-state index contributed by atoms with van der Waals surface area (Å²) in [4.78, 5) is 30.4. The Bertz CT molecular complexity index is 804. The number of benzene rings is 1. The highest BCUT2D eigenvalue weighted by atomic mass is 16.2. The molecule has 0 bridgehead atoms. The van der Waals surface area contributed by atoms with Crippen LogP contribution in [0.5, 0.6) is 0 Å². The highest BCUT2D eigenvalue weighted by molar-refractivity contribution is 6.03. The first-order valence-corrected chi connectivity index (χ1v) is 9.48. The van der Waals surface area contributed by atoms with Crippen LogP contribution in [0.4, 0.5) is 17.1 Å². The van der Waals surface area contributed by atoms with E-state index in [0.29, 0.717) is 23.1 Å². The highest BCUT2D eigenvalue weighted by Gasteiger charge is 2.21. The number of carbonyl (C=O) groups is 2. The van der Waals surface area contributed by atoms with Crippen LogP contribution in [0.3, 0.4) is 0 Å². The van der Waals surface area contributed by atoms with Crippen LogP contribution in [0.2, 0.25) is 0 Å². The van der Waals surface area contributed by atoms with Gasteiger partial charge >= 0.3 is 0 Å². The van der Waals surface area contributed by atoms with Gasteiger partial charge in [-0.15, -0.1) is 0 Å². The molecule has 1 atom stereocenters. The summed E-state index contributed by atoms with van der Waals surface area (Å²) in [6.07, 6.45) is 6.59. The topological polar surface area (TPSA) is 74.3 Å². The van der Waals surface area contributed by atoms with Gasteiger partial charge in [0.1, 0.15) is 5.69 Å². The summed E-state index contributed by atoms with van der Waals surface area (Å²) < 4.78 is 0. The van der Waals surface area contributed by atoms with Crippen molar-refractivity contribution in [2.45, 2.75) is 45.6 Å². The number of piperidine rings is 1. The molecule has 1 aliphatic heterocycles. The van der Waals surface area contributed by atoms with Crippen molar-refractivity contribution >= 4 is 28.9 Å². The van der Waals surface area contributed by atoms with Gasteiger partial charge in [-0.05, 0) is 56.0 Å². The number of hydrogen-bond acceptors (Lipinski definition) is 4. The minimum atomic E-state index is -0.271. The number of amides is 2. The minimum absolute atomic E-state index is 0.154. The van der Waals surface area contributed by atoms with Crippen molar-refractivity contribution in [2.75, 3.05) is 22.1 Å². The standard InChI is InChI=1S/C21H26N4O2/c1-3-18-9-4-5-12-25(18)19-10-11-20(22-14-19)21(27)24-17-8-6-7-16(13-17)23-15(2)26/h6-8,10-11,13-14,18H,3-5,9,12H2,1-2H3,(H,23,26)(H,24,27). The van der Waals surface area contributed by atoms with E-state index in [0.717, 1.165) is 18.7 Å². The van der Waals surface area contributed by atoms with Crippen molar-refractivity contribution in [1.82, 2.24) is 4.98 Å². The number of rotatable bonds is 5. The molecule has 6 nitrogen and oxygen atoms in total. The van der Waals surface area contributed by atoms with Gasteiger partial charge < -0.3 is 15.5 Å². The number of hydrogen-bond donors (Lipinski definition) is 2. The number of pyridine rings is 1. The first kappa shape index (κ1) is 18.9.